The third-order valence-electron chi connectivity index (χ3n) is 2.20. The van der Waals surface area contributed by atoms with Crippen LogP contribution in [0, 0.1) is 5.41 Å². The first-order chi connectivity index (χ1) is 7.56. The van der Waals surface area contributed by atoms with Crippen LogP contribution in [0.15, 0.2) is 43.0 Å². The van der Waals surface area contributed by atoms with E-state index in [2.05, 4.69) is 6.58 Å². The Labute approximate surface area is 103 Å². The van der Waals surface area contributed by atoms with Crippen molar-refractivity contribution in [2.24, 2.45) is 5.41 Å². The molecule has 0 saturated heterocycles. The molecule has 3 heteroatoms. The van der Waals surface area contributed by atoms with Gasteiger partial charge in [0.15, 0.2) is 0 Å². The molecule has 1 rings (SSSR count). The molecule has 86 valence electrons. The minimum absolute atomic E-state index is 0.189. The molecular formula is C13H16O2Se. The standard InChI is InChI=1S/C13H16O2Se/c1-4-13(2,3)12(14)15-10-16-11-8-6-5-7-9-11/h4-9H,1,10H2,2-3H3. The van der Waals surface area contributed by atoms with Gasteiger partial charge in [0.05, 0.1) is 0 Å². The maximum atomic E-state index is 11.6. The zero-order valence-corrected chi connectivity index (χ0v) is 11.3. The fraction of sp³-hybridized carbons (Fsp3) is 0.308. The normalized spacial score (nSPS) is 10.9. The summed E-state index contributed by atoms with van der Waals surface area (Å²) in [5.74, 6) is -0.208. The molecule has 0 bridgehead atoms. The van der Waals surface area contributed by atoms with Gasteiger partial charge in [-0.15, -0.1) is 0 Å². The Morgan fingerprint density at radius 1 is 1.44 bits per heavy atom. The maximum absolute atomic E-state index is 11.6. The first-order valence-corrected chi connectivity index (χ1v) is 7.12. The van der Waals surface area contributed by atoms with E-state index in [1.54, 1.807) is 19.9 Å². The second-order valence-corrected chi connectivity index (χ2v) is 6.02. The monoisotopic (exact) mass is 284 g/mol. The summed E-state index contributed by atoms with van der Waals surface area (Å²) in [5, 5.41) is 0. The van der Waals surface area contributed by atoms with Crippen LogP contribution < -0.4 is 4.46 Å². The Morgan fingerprint density at radius 2 is 2.06 bits per heavy atom. The number of ether oxygens (including phenoxy) is 1. The second-order valence-electron chi connectivity index (χ2n) is 3.93. The number of esters is 1. The van der Waals surface area contributed by atoms with Crippen LogP contribution in [0.3, 0.4) is 0 Å². The third kappa shape index (κ3) is 3.84. The molecule has 0 saturated carbocycles. The van der Waals surface area contributed by atoms with Crippen LogP contribution in [0.25, 0.3) is 0 Å². The van der Waals surface area contributed by atoms with Crippen molar-refractivity contribution in [3.05, 3.63) is 43.0 Å². The van der Waals surface area contributed by atoms with Gasteiger partial charge in [0.2, 0.25) is 0 Å². The van der Waals surface area contributed by atoms with Gasteiger partial charge in [0.25, 0.3) is 0 Å². The van der Waals surface area contributed by atoms with Gasteiger partial charge in [-0.25, -0.2) is 0 Å². The van der Waals surface area contributed by atoms with Gasteiger partial charge in [0.1, 0.15) is 0 Å². The number of hydrogen-bond donors (Lipinski definition) is 0. The Kier molecular flexibility index (Phi) is 4.78. The van der Waals surface area contributed by atoms with Gasteiger partial charge in [-0.05, 0) is 0 Å². The van der Waals surface area contributed by atoms with E-state index in [9.17, 15) is 4.79 Å². The zero-order valence-electron chi connectivity index (χ0n) is 9.60. The average molecular weight is 283 g/mol. The number of carbonyl (C=O) groups is 1. The molecule has 16 heavy (non-hydrogen) atoms. The van der Waals surface area contributed by atoms with Crippen molar-refractivity contribution in [1.29, 1.82) is 0 Å². The topological polar surface area (TPSA) is 26.3 Å². The summed E-state index contributed by atoms with van der Waals surface area (Å²) in [6.07, 6.45) is 1.62. The van der Waals surface area contributed by atoms with E-state index in [0.29, 0.717) is 5.51 Å². The van der Waals surface area contributed by atoms with Crippen LogP contribution in [-0.2, 0) is 9.53 Å². The van der Waals surface area contributed by atoms with Gasteiger partial charge >= 0.3 is 103 Å². The zero-order chi connectivity index (χ0) is 12.0. The molecule has 0 radical (unpaired) electrons. The van der Waals surface area contributed by atoms with Crippen LogP contribution in [0.1, 0.15) is 13.8 Å². The molecule has 0 unspecified atom stereocenters. The molecule has 0 amide bonds. The molecule has 0 aliphatic heterocycles. The fourth-order valence-corrected chi connectivity index (χ4v) is 2.30. The predicted octanol–water partition coefficient (Wildman–Crippen LogP) is 1.73. The van der Waals surface area contributed by atoms with Crippen LogP contribution in [-0.4, -0.2) is 26.4 Å². The van der Waals surface area contributed by atoms with Gasteiger partial charge < -0.3 is 0 Å². The van der Waals surface area contributed by atoms with Crippen molar-refractivity contribution in [3.8, 4) is 0 Å². The molecule has 1 aromatic carbocycles. The summed E-state index contributed by atoms with van der Waals surface area (Å²) in [5.41, 5.74) is -0.111. The van der Waals surface area contributed by atoms with Crippen LogP contribution >= 0.6 is 0 Å². The van der Waals surface area contributed by atoms with E-state index in [-0.39, 0.29) is 20.9 Å². The third-order valence-corrected chi connectivity index (χ3v) is 3.96. The van der Waals surface area contributed by atoms with Crippen molar-refractivity contribution < 1.29 is 9.53 Å². The number of benzene rings is 1. The molecule has 0 aliphatic carbocycles. The molecular weight excluding hydrogens is 267 g/mol. The summed E-state index contributed by atoms with van der Waals surface area (Å²) in [6.45, 7) is 7.23. The van der Waals surface area contributed by atoms with E-state index in [1.165, 1.54) is 4.46 Å². The number of hydrogen-bond acceptors (Lipinski definition) is 2. The first-order valence-electron chi connectivity index (χ1n) is 5.05. The molecule has 0 atom stereocenters. The quantitative estimate of drug-likeness (QED) is 0.467. The molecule has 0 fully saturated rings. The Morgan fingerprint density at radius 3 is 2.62 bits per heavy atom. The number of carbonyl (C=O) groups excluding carboxylic acids is 1. The second kappa shape index (κ2) is 5.88. The van der Waals surface area contributed by atoms with Gasteiger partial charge in [-0.2, -0.15) is 0 Å². The minimum atomic E-state index is -0.591. The predicted molar refractivity (Wildman–Crippen MR) is 66.8 cm³/mol. The van der Waals surface area contributed by atoms with E-state index in [4.69, 9.17) is 4.74 Å². The molecule has 2 nitrogen and oxygen atoms in total. The van der Waals surface area contributed by atoms with E-state index < -0.39 is 5.41 Å². The van der Waals surface area contributed by atoms with Crippen LogP contribution in [0.5, 0.6) is 0 Å². The summed E-state index contributed by atoms with van der Waals surface area (Å²) in [4.78, 5) is 11.6. The molecule has 0 aliphatic rings. The fourth-order valence-electron chi connectivity index (χ4n) is 0.937. The van der Waals surface area contributed by atoms with Gasteiger partial charge in [0, 0.05) is 0 Å². The Bertz CT molecular complexity index is 357. The van der Waals surface area contributed by atoms with E-state index in [1.807, 2.05) is 30.3 Å². The molecule has 1 aromatic rings. The average Bonchev–Trinajstić information content (AvgIpc) is 2.30. The van der Waals surface area contributed by atoms with Crippen molar-refractivity contribution in [2.45, 2.75) is 13.8 Å². The summed E-state index contributed by atoms with van der Waals surface area (Å²) in [6, 6.07) is 10.1. The van der Waals surface area contributed by atoms with Crippen molar-refractivity contribution in [2.75, 3.05) is 5.51 Å². The van der Waals surface area contributed by atoms with Crippen molar-refractivity contribution in [3.63, 3.8) is 0 Å². The molecule has 0 spiro atoms. The molecule has 0 heterocycles. The number of rotatable bonds is 5. The summed E-state index contributed by atoms with van der Waals surface area (Å²) < 4.78 is 6.45. The Balaban J connectivity index is 2.37. The first kappa shape index (κ1) is 13.0. The van der Waals surface area contributed by atoms with Crippen molar-refractivity contribution >= 4 is 25.4 Å². The summed E-state index contributed by atoms with van der Waals surface area (Å²) in [7, 11) is 0. The van der Waals surface area contributed by atoms with Crippen LogP contribution in [0.4, 0.5) is 0 Å². The SMILES string of the molecule is C=CC(C)(C)C(=O)OC[Se]c1ccccc1. The molecule has 0 N–H and O–H groups in total. The summed E-state index contributed by atoms with van der Waals surface area (Å²) >= 11 is 0.189. The van der Waals surface area contributed by atoms with Crippen LogP contribution in [0.2, 0.25) is 0 Å². The van der Waals surface area contributed by atoms with Crippen molar-refractivity contribution in [1.82, 2.24) is 0 Å². The molecule has 0 aromatic heterocycles. The van der Waals surface area contributed by atoms with Gasteiger partial charge in [-0.3, -0.25) is 0 Å². The van der Waals surface area contributed by atoms with E-state index in [0.717, 1.165) is 0 Å². The van der Waals surface area contributed by atoms with E-state index >= 15 is 0 Å². The van der Waals surface area contributed by atoms with Gasteiger partial charge in [-0.1, -0.05) is 0 Å². The Hall–Kier alpha value is -1.05.